The van der Waals surface area contributed by atoms with Gasteiger partial charge in [0.15, 0.2) is 0 Å². The van der Waals surface area contributed by atoms with Crippen LogP contribution in [-0.2, 0) is 14.3 Å². The number of rotatable bonds is 5. The fraction of sp³-hybridized carbons (Fsp3) is 0.423. The van der Waals surface area contributed by atoms with Crippen LogP contribution in [0.25, 0.3) is 0 Å². The van der Waals surface area contributed by atoms with E-state index in [1.807, 2.05) is 0 Å². The van der Waals surface area contributed by atoms with Gasteiger partial charge in [-0.25, -0.2) is 9.18 Å². The van der Waals surface area contributed by atoms with Gasteiger partial charge in [0.25, 0.3) is 0 Å². The van der Waals surface area contributed by atoms with Crippen molar-refractivity contribution >= 4 is 23.6 Å². The predicted molar refractivity (Wildman–Crippen MR) is 128 cm³/mol. The summed E-state index contributed by atoms with van der Waals surface area (Å²) in [6.07, 6.45) is 0.241. The molecule has 0 spiro atoms. The summed E-state index contributed by atoms with van der Waals surface area (Å²) < 4.78 is 24.0. The average Bonchev–Trinajstić information content (AvgIpc) is 2.89. The van der Waals surface area contributed by atoms with Gasteiger partial charge in [0.2, 0.25) is 11.8 Å². The number of piperazine rings is 1. The van der Waals surface area contributed by atoms with Crippen LogP contribution in [0.2, 0.25) is 0 Å². The van der Waals surface area contributed by atoms with E-state index >= 15 is 0 Å². The maximum absolute atomic E-state index is 13.7. The molecule has 2 aromatic rings. The van der Waals surface area contributed by atoms with Crippen molar-refractivity contribution in [1.29, 1.82) is 0 Å². The third-order valence-electron chi connectivity index (χ3n) is 6.59. The highest BCUT2D eigenvalue weighted by atomic mass is 19.1. The molecule has 0 N–H and O–H groups in total. The first-order valence-electron chi connectivity index (χ1n) is 11.8. The number of hydrogen-bond acceptors (Lipinski definition) is 5. The minimum Gasteiger partial charge on any atom is -0.497 e. The van der Waals surface area contributed by atoms with Gasteiger partial charge in [-0.3, -0.25) is 9.59 Å². The Bertz CT molecular complexity index is 1050. The quantitative estimate of drug-likeness (QED) is 0.649. The van der Waals surface area contributed by atoms with Crippen LogP contribution in [0.1, 0.15) is 31.4 Å². The topological polar surface area (TPSA) is 79.4 Å². The van der Waals surface area contributed by atoms with Gasteiger partial charge in [0, 0.05) is 38.3 Å². The number of piperidine rings is 1. The zero-order chi connectivity index (χ0) is 24.9. The largest absolute Gasteiger partial charge is 0.497 e. The zero-order valence-electron chi connectivity index (χ0n) is 20.0. The van der Waals surface area contributed by atoms with Crippen LogP contribution in [-0.4, -0.2) is 67.6 Å². The number of methoxy groups -OCH3 is 1. The lowest BCUT2D eigenvalue weighted by Crippen LogP contribution is -2.55. The first-order valence-corrected chi connectivity index (χ1v) is 11.8. The summed E-state index contributed by atoms with van der Waals surface area (Å²) in [5.74, 6) is -0.405. The van der Waals surface area contributed by atoms with Crippen LogP contribution >= 0.6 is 0 Å². The third kappa shape index (κ3) is 5.23. The van der Waals surface area contributed by atoms with Gasteiger partial charge in [-0.15, -0.1) is 0 Å². The van der Waals surface area contributed by atoms with Crippen molar-refractivity contribution in [2.45, 2.75) is 25.8 Å². The molecule has 4 rings (SSSR count). The number of ether oxygens (including phenoxy) is 2. The highest BCUT2D eigenvalue weighted by molar-refractivity contribution is 5.97. The van der Waals surface area contributed by atoms with E-state index < -0.39 is 12.0 Å². The van der Waals surface area contributed by atoms with Gasteiger partial charge in [0.05, 0.1) is 25.7 Å². The van der Waals surface area contributed by atoms with Gasteiger partial charge in [0.1, 0.15) is 11.6 Å². The Morgan fingerprint density at radius 1 is 0.971 bits per heavy atom. The van der Waals surface area contributed by atoms with Crippen LogP contribution in [0.4, 0.5) is 14.9 Å². The molecule has 2 aliphatic rings. The summed E-state index contributed by atoms with van der Waals surface area (Å²) in [6.45, 7) is 3.61. The molecule has 9 heteroatoms. The lowest BCUT2D eigenvalue weighted by molar-refractivity contribution is -0.140. The third-order valence-corrected chi connectivity index (χ3v) is 6.59. The molecule has 2 aliphatic heterocycles. The molecule has 2 saturated heterocycles. The van der Waals surface area contributed by atoms with E-state index in [4.69, 9.17) is 9.47 Å². The SMILES string of the molecule is CCOC(=O)N1CCN(C(=O)[C@H]2CCC(=O)N(c3ccc(OC)cc3)[C@H]2c2ccc(F)cc2)CC1. The summed E-state index contributed by atoms with van der Waals surface area (Å²) in [6, 6.07) is 12.5. The van der Waals surface area contributed by atoms with Gasteiger partial charge < -0.3 is 24.2 Å². The summed E-state index contributed by atoms with van der Waals surface area (Å²) in [5, 5.41) is 0. The molecule has 8 nitrogen and oxygen atoms in total. The normalized spacial score (nSPS) is 20.5. The Morgan fingerprint density at radius 2 is 1.60 bits per heavy atom. The number of benzene rings is 2. The second-order valence-electron chi connectivity index (χ2n) is 8.61. The Labute approximate surface area is 204 Å². The molecule has 0 radical (unpaired) electrons. The van der Waals surface area contributed by atoms with E-state index in [0.29, 0.717) is 56.2 Å². The molecule has 2 aromatic carbocycles. The van der Waals surface area contributed by atoms with E-state index in [1.54, 1.807) is 65.1 Å². The lowest BCUT2D eigenvalue weighted by Gasteiger charge is -2.43. The maximum Gasteiger partial charge on any atom is 0.409 e. The van der Waals surface area contributed by atoms with E-state index in [0.717, 1.165) is 0 Å². The number of halogens is 1. The molecule has 186 valence electrons. The molecule has 0 aromatic heterocycles. The smallest absolute Gasteiger partial charge is 0.409 e. The van der Waals surface area contributed by atoms with E-state index in [2.05, 4.69) is 0 Å². The molecular formula is C26H30FN3O5. The molecule has 0 bridgehead atoms. The van der Waals surface area contributed by atoms with Crippen LogP contribution < -0.4 is 9.64 Å². The number of carbonyl (C=O) groups excluding carboxylic acids is 3. The monoisotopic (exact) mass is 483 g/mol. The molecule has 2 atom stereocenters. The summed E-state index contributed by atoms with van der Waals surface area (Å²) in [5.41, 5.74) is 1.34. The van der Waals surface area contributed by atoms with Crippen LogP contribution in [0.5, 0.6) is 5.75 Å². The van der Waals surface area contributed by atoms with Crippen LogP contribution in [0.15, 0.2) is 48.5 Å². The van der Waals surface area contributed by atoms with Gasteiger partial charge in [-0.1, -0.05) is 12.1 Å². The Kier molecular flexibility index (Phi) is 7.53. The van der Waals surface area contributed by atoms with Crippen molar-refractivity contribution in [3.8, 4) is 5.75 Å². The first-order chi connectivity index (χ1) is 16.9. The highest BCUT2D eigenvalue weighted by Gasteiger charge is 2.43. The number of nitrogens with zero attached hydrogens (tertiary/aromatic N) is 3. The molecule has 2 fully saturated rings. The predicted octanol–water partition coefficient (Wildman–Crippen LogP) is 3.62. The van der Waals surface area contributed by atoms with E-state index in [9.17, 15) is 18.8 Å². The Morgan fingerprint density at radius 3 is 2.20 bits per heavy atom. The minimum atomic E-state index is -0.583. The fourth-order valence-electron chi connectivity index (χ4n) is 4.80. The molecule has 0 unspecified atom stereocenters. The molecule has 0 saturated carbocycles. The Hall–Kier alpha value is -3.62. The second-order valence-corrected chi connectivity index (χ2v) is 8.61. The molecule has 0 aliphatic carbocycles. The van der Waals surface area contributed by atoms with Crippen molar-refractivity contribution in [1.82, 2.24) is 9.80 Å². The molecule has 2 heterocycles. The lowest BCUT2D eigenvalue weighted by atomic mass is 9.82. The van der Waals surface area contributed by atoms with Crippen molar-refractivity contribution in [2.75, 3.05) is 44.8 Å². The van der Waals surface area contributed by atoms with E-state index in [1.165, 1.54) is 12.1 Å². The second kappa shape index (κ2) is 10.8. The standard InChI is InChI=1S/C26H30FN3O5/c1-3-35-26(33)29-16-14-28(15-17-29)25(32)22-12-13-23(31)30(20-8-10-21(34-2)11-9-20)24(22)18-4-6-19(27)7-5-18/h4-11,22,24H,3,12-17H2,1-2H3/t22-,24-/m0/s1. The van der Waals surface area contributed by atoms with Gasteiger partial charge >= 0.3 is 6.09 Å². The van der Waals surface area contributed by atoms with Crippen molar-refractivity contribution in [3.63, 3.8) is 0 Å². The molecular weight excluding hydrogens is 453 g/mol. The average molecular weight is 484 g/mol. The number of amides is 3. The van der Waals surface area contributed by atoms with Crippen LogP contribution in [0.3, 0.4) is 0 Å². The van der Waals surface area contributed by atoms with Crippen molar-refractivity contribution < 1.29 is 28.2 Å². The van der Waals surface area contributed by atoms with Crippen molar-refractivity contribution in [2.24, 2.45) is 5.92 Å². The Balaban J connectivity index is 1.62. The number of carbonyl (C=O) groups is 3. The van der Waals surface area contributed by atoms with Gasteiger partial charge in [-0.2, -0.15) is 0 Å². The fourth-order valence-corrected chi connectivity index (χ4v) is 4.80. The molecule has 35 heavy (non-hydrogen) atoms. The number of anilines is 1. The summed E-state index contributed by atoms with van der Waals surface area (Å²) >= 11 is 0. The molecule has 3 amide bonds. The summed E-state index contributed by atoms with van der Waals surface area (Å²) in [7, 11) is 1.57. The highest BCUT2D eigenvalue weighted by Crippen LogP contribution is 2.41. The van der Waals surface area contributed by atoms with Crippen molar-refractivity contribution in [3.05, 3.63) is 59.9 Å². The van der Waals surface area contributed by atoms with Crippen LogP contribution in [0, 0.1) is 11.7 Å². The zero-order valence-corrected chi connectivity index (χ0v) is 20.0. The van der Waals surface area contributed by atoms with Gasteiger partial charge in [-0.05, 0) is 55.3 Å². The minimum absolute atomic E-state index is 0.0751. The number of hydrogen-bond donors (Lipinski definition) is 0. The summed E-state index contributed by atoms with van der Waals surface area (Å²) in [4.78, 5) is 43.9. The maximum atomic E-state index is 13.7. The first kappa shape index (κ1) is 24.5. The van der Waals surface area contributed by atoms with E-state index in [-0.39, 0.29) is 30.1 Å².